The van der Waals surface area contributed by atoms with Gasteiger partial charge in [-0.2, -0.15) is 8.42 Å². The molecule has 11 heteroatoms. The van der Waals surface area contributed by atoms with Gasteiger partial charge < -0.3 is 30.2 Å². The molecule has 10 nitrogen and oxygen atoms in total. The number of nitrogens with zero attached hydrogens (tertiary/aromatic N) is 1. The summed E-state index contributed by atoms with van der Waals surface area (Å²) in [7, 11) is -3.14. The second kappa shape index (κ2) is 10.4. The molecule has 5 rings (SSSR count). The molecule has 0 saturated heterocycles. The molecule has 206 valence electrons. The number of anilines is 3. The summed E-state index contributed by atoms with van der Waals surface area (Å²) < 4.78 is 52.4. The van der Waals surface area contributed by atoms with Crippen molar-refractivity contribution in [2.75, 3.05) is 23.1 Å². The lowest BCUT2D eigenvalue weighted by atomic mass is 10.1. The molecule has 0 aliphatic carbocycles. The Kier molecular flexibility index (Phi) is 7.15. The molecular formula is C28H31N3O7S. The van der Waals surface area contributed by atoms with Crippen molar-refractivity contribution in [3.05, 3.63) is 76.9 Å². The molecule has 2 aliphatic rings. The topological polar surface area (TPSA) is 140 Å². The van der Waals surface area contributed by atoms with Crippen molar-refractivity contribution in [3.8, 4) is 11.5 Å². The number of ether oxygens (including phenoxy) is 3. The monoisotopic (exact) mass is 553 g/mol. The second-order valence-electron chi connectivity index (χ2n) is 9.94. The van der Waals surface area contributed by atoms with Crippen molar-refractivity contribution >= 4 is 33.1 Å². The van der Waals surface area contributed by atoms with Gasteiger partial charge in [-0.25, -0.2) is 0 Å². The van der Waals surface area contributed by atoms with Gasteiger partial charge in [-0.15, -0.1) is 0 Å². The average Bonchev–Trinajstić information content (AvgIpc) is 3.21. The van der Waals surface area contributed by atoms with E-state index in [0.29, 0.717) is 23.7 Å². The van der Waals surface area contributed by atoms with Crippen LogP contribution in [0.15, 0.2) is 54.6 Å². The third-order valence-corrected chi connectivity index (χ3v) is 7.86. The van der Waals surface area contributed by atoms with Crippen molar-refractivity contribution in [1.29, 1.82) is 0 Å². The average molecular weight is 554 g/mol. The van der Waals surface area contributed by atoms with Crippen LogP contribution in [-0.2, 0) is 34.5 Å². The molecule has 2 heterocycles. The summed E-state index contributed by atoms with van der Waals surface area (Å²) in [6.07, 6.45) is 0.340. The number of nitrogen functional groups attached to an aromatic ring is 1. The number of rotatable bonds is 8. The number of fused-ring (bicyclic) bond motifs is 4. The fraction of sp³-hybridized carbons (Fsp3) is 0.321. The Morgan fingerprint density at radius 2 is 1.79 bits per heavy atom. The van der Waals surface area contributed by atoms with E-state index in [2.05, 4.69) is 5.32 Å². The maximum atomic E-state index is 13.8. The zero-order chi connectivity index (χ0) is 27.9. The Morgan fingerprint density at radius 3 is 2.49 bits per heavy atom. The van der Waals surface area contributed by atoms with E-state index in [1.54, 1.807) is 18.2 Å². The Hall–Kier alpha value is -3.80. The Balaban J connectivity index is 1.49. The number of benzene rings is 3. The maximum absolute atomic E-state index is 13.8. The zero-order valence-corrected chi connectivity index (χ0v) is 22.7. The normalized spacial score (nSPS) is 18.2. The van der Waals surface area contributed by atoms with Gasteiger partial charge in [0.1, 0.15) is 6.61 Å². The lowest BCUT2D eigenvalue weighted by molar-refractivity contribution is 0.0656. The van der Waals surface area contributed by atoms with Crippen LogP contribution in [0.5, 0.6) is 11.5 Å². The first-order valence-electron chi connectivity index (χ1n) is 12.5. The number of methoxy groups -OCH3 is 1. The third kappa shape index (κ3) is 5.38. The van der Waals surface area contributed by atoms with Gasteiger partial charge in [0.05, 0.1) is 37.1 Å². The minimum absolute atomic E-state index is 0.0704. The summed E-state index contributed by atoms with van der Waals surface area (Å²) in [6, 6.07) is 15.0. The van der Waals surface area contributed by atoms with Gasteiger partial charge in [0.2, 0.25) is 0 Å². The summed E-state index contributed by atoms with van der Waals surface area (Å²) in [6.45, 7) is 4.44. The van der Waals surface area contributed by atoms with E-state index in [0.717, 1.165) is 16.7 Å². The van der Waals surface area contributed by atoms with Crippen LogP contribution in [0.4, 0.5) is 17.1 Å². The van der Waals surface area contributed by atoms with Gasteiger partial charge in [0, 0.05) is 17.4 Å². The standard InChI is InChI=1S/C28H31N3O7S/c1-16(2)37-14-17-8-18(10-20(29)9-17)15-38-26-13-22-21(12-25(26)36-3)28(32)31-23-7-5-4-6-19(23)11-24(31)27(30-22)39(33,34)35/h4-10,12-13,16,24,27,30H,11,14-15,29H2,1-3H3,(H,33,34,35)/t24-,27?/m0/s1. The lowest BCUT2D eigenvalue weighted by Gasteiger charge is -2.27. The molecule has 0 spiro atoms. The highest BCUT2D eigenvalue weighted by Crippen LogP contribution is 2.42. The van der Waals surface area contributed by atoms with Crippen LogP contribution in [0.2, 0.25) is 0 Å². The largest absolute Gasteiger partial charge is 0.493 e. The number of nitrogens with one attached hydrogen (secondary N) is 1. The molecule has 3 aromatic rings. The Labute approximate surface area is 227 Å². The summed E-state index contributed by atoms with van der Waals surface area (Å²) in [5.74, 6) is 0.176. The lowest BCUT2D eigenvalue weighted by Crippen LogP contribution is -2.49. The molecule has 4 N–H and O–H groups in total. The summed E-state index contributed by atoms with van der Waals surface area (Å²) in [5, 5.41) is 1.45. The number of amides is 1. The first kappa shape index (κ1) is 26.8. The van der Waals surface area contributed by atoms with E-state index < -0.39 is 27.4 Å². The molecule has 2 aliphatic heterocycles. The number of nitrogens with two attached hydrogens (primary N) is 1. The van der Waals surface area contributed by atoms with Gasteiger partial charge in [0.15, 0.2) is 16.9 Å². The quantitative estimate of drug-likeness (QED) is 0.279. The predicted molar refractivity (Wildman–Crippen MR) is 148 cm³/mol. The van der Waals surface area contributed by atoms with Gasteiger partial charge in [-0.3, -0.25) is 9.35 Å². The van der Waals surface area contributed by atoms with Crippen LogP contribution in [-0.4, -0.2) is 43.5 Å². The first-order chi connectivity index (χ1) is 18.5. The number of hydrogen-bond acceptors (Lipinski definition) is 8. The highest BCUT2D eigenvalue weighted by molar-refractivity contribution is 7.86. The smallest absolute Gasteiger partial charge is 0.288 e. The minimum Gasteiger partial charge on any atom is -0.493 e. The highest BCUT2D eigenvalue weighted by atomic mass is 32.2. The molecule has 0 bridgehead atoms. The van der Waals surface area contributed by atoms with Crippen LogP contribution in [0.25, 0.3) is 0 Å². The molecule has 39 heavy (non-hydrogen) atoms. The molecule has 0 aromatic heterocycles. The van der Waals surface area contributed by atoms with E-state index in [9.17, 15) is 17.8 Å². The number of hydrogen-bond donors (Lipinski definition) is 3. The van der Waals surface area contributed by atoms with Gasteiger partial charge in [0.25, 0.3) is 16.0 Å². The van der Waals surface area contributed by atoms with E-state index in [-0.39, 0.29) is 36.1 Å². The number of carbonyl (C=O) groups excluding carboxylic acids is 1. The number of para-hydroxylation sites is 1. The fourth-order valence-electron chi connectivity index (χ4n) is 5.08. The highest BCUT2D eigenvalue weighted by Gasteiger charge is 2.47. The Bertz CT molecular complexity index is 1520. The van der Waals surface area contributed by atoms with Crippen molar-refractivity contribution in [1.82, 2.24) is 0 Å². The summed E-state index contributed by atoms with van der Waals surface area (Å²) in [4.78, 5) is 15.2. The molecular weight excluding hydrogens is 522 g/mol. The van der Waals surface area contributed by atoms with E-state index in [4.69, 9.17) is 19.9 Å². The maximum Gasteiger partial charge on any atom is 0.288 e. The van der Waals surface area contributed by atoms with Crippen molar-refractivity contribution in [2.24, 2.45) is 0 Å². The molecule has 3 aromatic carbocycles. The fourth-order valence-corrected chi connectivity index (χ4v) is 5.97. The first-order valence-corrected chi connectivity index (χ1v) is 14.0. The molecule has 0 radical (unpaired) electrons. The molecule has 1 unspecified atom stereocenters. The number of carbonyl (C=O) groups is 1. The second-order valence-corrected chi connectivity index (χ2v) is 11.5. The van der Waals surface area contributed by atoms with E-state index >= 15 is 0 Å². The minimum atomic E-state index is -4.60. The van der Waals surface area contributed by atoms with E-state index in [1.165, 1.54) is 24.1 Å². The van der Waals surface area contributed by atoms with Crippen molar-refractivity contribution in [2.45, 2.75) is 51.0 Å². The van der Waals surface area contributed by atoms with Crippen molar-refractivity contribution < 1.29 is 32.0 Å². The summed E-state index contributed by atoms with van der Waals surface area (Å²) in [5.41, 5.74) is 10.2. The van der Waals surface area contributed by atoms with Gasteiger partial charge in [-0.05, 0) is 67.3 Å². The van der Waals surface area contributed by atoms with Crippen LogP contribution < -0.4 is 25.4 Å². The SMILES string of the molecule is COc1cc2c(cc1OCc1cc(N)cc(COC(C)C)c1)NC(S(=O)(=O)O)[C@@H]1Cc3ccccc3N1C2=O. The van der Waals surface area contributed by atoms with Gasteiger partial charge in [-0.1, -0.05) is 18.2 Å². The predicted octanol–water partition coefficient (Wildman–Crippen LogP) is 3.99. The van der Waals surface area contributed by atoms with Crippen LogP contribution in [0.3, 0.4) is 0 Å². The molecule has 0 fully saturated rings. The third-order valence-electron chi connectivity index (χ3n) is 6.79. The summed E-state index contributed by atoms with van der Waals surface area (Å²) >= 11 is 0. The van der Waals surface area contributed by atoms with Crippen molar-refractivity contribution in [3.63, 3.8) is 0 Å². The van der Waals surface area contributed by atoms with Crippen LogP contribution >= 0.6 is 0 Å². The van der Waals surface area contributed by atoms with Crippen LogP contribution in [0.1, 0.15) is 40.9 Å². The van der Waals surface area contributed by atoms with Gasteiger partial charge >= 0.3 is 0 Å². The Morgan fingerprint density at radius 1 is 1.08 bits per heavy atom. The van der Waals surface area contributed by atoms with Crippen LogP contribution in [0, 0.1) is 0 Å². The zero-order valence-electron chi connectivity index (χ0n) is 21.9. The van der Waals surface area contributed by atoms with E-state index in [1.807, 2.05) is 38.1 Å². The molecule has 2 atom stereocenters. The molecule has 0 saturated carbocycles. The molecule has 1 amide bonds.